The first kappa shape index (κ1) is 18.9. The highest BCUT2D eigenvalue weighted by Gasteiger charge is 2.22. The van der Waals surface area contributed by atoms with Crippen molar-refractivity contribution in [2.75, 3.05) is 19.0 Å². The highest BCUT2D eigenvalue weighted by Crippen LogP contribution is 2.17. The van der Waals surface area contributed by atoms with Crippen molar-refractivity contribution in [2.24, 2.45) is 5.92 Å². The second-order valence-corrected chi connectivity index (χ2v) is 8.15. The maximum atomic E-state index is 12.3. The van der Waals surface area contributed by atoms with Crippen LogP contribution in [-0.4, -0.2) is 44.5 Å². The topological polar surface area (TPSA) is 92.7 Å². The highest BCUT2D eigenvalue weighted by atomic mass is 32.2. The van der Waals surface area contributed by atoms with Gasteiger partial charge in [0.05, 0.1) is 5.75 Å². The summed E-state index contributed by atoms with van der Waals surface area (Å²) in [6.07, 6.45) is 2.18. The lowest BCUT2D eigenvalue weighted by atomic mass is 10.0. The van der Waals surface area contributed by atoms with Crippen LogP contribution in [0.15, 0.2) is 30.3 Å². The van der Waals surface area contributed by atoms with E-state index in [1.165, 1.54) is 0 Å². The molecule has 0 aromatic heterocycles. The Morgan fingerprint density at radius 2 is 2.08 bits per heavy atom. The van der Waals surface area contributed by atoms with Crippen molar-refractivity contribution in [3.05, 3.63) is 35.9 Å². The average Bonchev–Trinajstić information content (AvgIpc) is 3.05. The molecule has 1 aromatic carbocycles. The minimum absolute atomic E-state index is 0.0549. The molecule has 0 saturated carbocycles. The molecule has 1 saturated heterocycles. The second kappa shape index (κ2) is 9.15. The van der Waals surface area contributed by atoms with Crippen molar-refractivity contribution < 1.29 is 23.1 Å². The Bertz CT molecular complexity index is 611. The predicted molar refractivity (Wildman–Crippen MR) is 91.3 cm³/mol. The number of aliphatic carboxylic acids is 1. The average molecular weight is 355 g/mol. The molecule has 1 aromatic rings. The number of carboxylic acids is 1. The van der Waals surface area contributed by atoms with E-state index in [9.17, 15) is 13.2 Å². The zero-order chi connectivity index (χ0) is 17.4. The summed E-state index contributed by atoms with van der Waals surface area (Å²) >= 11 is 0. The molecule has 0 radical (unpaired) electrons. The van der Waals surface area contributed by atoms with Crippen molar-refractivity contribution in [3.8, 4) is 0 Å². The van der Waals surface area contributed by atoms with Crippen molar-refractivity contribution in [1.29, 1.82) is 0 Å². The number of hydrogen-bond donors (Lipinski definition) is 2. The zero-order valence-electron chi connectivity index (χ0n) is 13.7. The van der Waals surface area contributed by atoms with Crippen molar-refractivity contribution in [1.82, 2.24) is 4.72 Å². The highest BCUT2D eigenvalue weighted by molar-refractivity contribution is 7.89. The fraction of sp³-hybridized carbons (Fsp3) is 0.588. The number of nitrogens with one attached hydrogen (secondary N) is 1. The molecule has 1 aliphatic rings. The molecule has 1 aliphatic heterocycles. The van der Waals surface area contributed by atoms with Gasteiger partial charge >= 0.3 is 5.97 Å². The first-order valence-corrected chi connectivity index (χ1v) is 9.93. The van der Waals surface area contributed by atoms with Crippen molar-refractivity contribution >= 4 is 16.0 Å². The summed E-state index contributed by atoms with van der Waals surface area (Å²) in [6, 6.07) is 9.09. The van der Waals surface area contributed by atoms with Crippen LogP contribution >= 0.6 is 0 Å². The fourth-order valence-electron chi connectivity index (χ4n) is 2.84. The molecule has 2 unspecified atom stereocenters. The molecule has 1 heterocycles. The van der Waals surface area contributed by atoms with E-state index in [1.807, 2.05) is 30.3 Å². The van der Waals surface area contributed by atoms with Gasteiger partial charge in [-0.2, -0.15) is 0 Å². The standard InChI is InChI=1S/C17H25NO5S/c19-17(20)7-6-16(12-14-4-2-1-3-5-14)18-24(21,22)11-9-15-8-10-23-13-15/h1-5,15-16,18H,6-13H2,(H,19,20). The number of ether oxygens (including phenoxy) is 1. The molecular weight excluding hydrogens is 330 g/mol. The number of carbonyl (C=O) groups is 1. The zero-order valence-corrected chi connectivity index (χ0v) is 14.5. The molecule has 2 atom stereocenters. The predicted octanol–water partition coefficient (Wildman–Crippen LogP) is 1.81. The summed E-state index contributed by atoms with van der Waals surface area (Å²) in [6.45, 7) is 1.33. The van der Waals surface area contributed by atoms with Gasteiger partial charge in [-0.05, 0) is 37.2 Å². The molecule has 2 N–H and O–H groups in total. The summed E-state index contributed by atoms with van der Waals surface area (Å²) < 4.78 is 32.6. The molecule has 2 rings (SSSR count). The summed E-state index contributed by atoms with van der Waals surface area (Å²) in [4.78, 5) is 10.8. The molecule has 0 spiro atoms. The minimum Gasteiger partial charge on any atom is -0.481 e. The van der Waals surface area contributed by atoms with Crippen LogP contribution in [0.25, 0.3) is 0 Å². The minimum atomic E-state index is -3.43. The van der Waals surface area contributed by atoms with Crippen LogP contribution in [0.1, 0.15) is 31.2 Å². The Labute approximate surface area is 143 Å². The summed E-state index contributed by atoms with van der Waals surface area (Å²) in [7, 11) is -3.43. The van der Waals surface area contributed by atoms with Crippen LogP contribution in [0.3, 0.4) is 0 Å². The molecule has 134 valence electrons. The molecule has 7 heteroatoms. The number of carboxylic acid groups (broad SMARTS) is 1. The molecule has 6 nitrogen and oxygen atoms in total. The van der Waals surface area contributed by atoms with Crippen LogP contribution in [0.5, 0.6) is 0 Å². The monoisotopic (exact) mass is 355 g/mol. The Kier molecular flexibility index (Phi) is 7.20. The largest absolute Gasteiger partial charge is 0.481 e. The van der Waals surface area contributed by atoms with Gasteiger partial charge in [0.25, 0.3) is 0 Å². The molecular formula is C17H25NO5S. The van der Waals surface area contributed by atoms with Crippen LogP contribution in [0, 0.1) is 5.92 Å². The molecule has 0 bridgehead atoms. The smallest absolute Gasteiger partial charge is 0.303 e. The number of sulfonamides is 1. The molecule has 24 heavy (non-hydrogen) atoms. The van der Waals surface area contributed by atoms with Crippen LogP contribution in [0.2, 0.25) is 0 Å². The van der Waals surface area contributed by atoms with E-state index < -0.39 is 22.0 Å². The Hall–Kier alpha value is -1.44. The van der Waals surface area contributed by atoms with Gasteiger partial charge in [-0.15, -0.1) is 0 Å². The van der Waals surface area contributed by atoms with Gasteiger partial charge < -0.3 is 9.84 Å². The van der Waals surface area contributed by atoms with E-state index in [0.717, 1.165) is 12.0 Å². The lowest BCUT2D eigenvalue weighted by Gasteiger charge is -2.19. The second-order valence-electron chi connectivity index (χ2n) is 6.27. The van der Waals surface area contributed by atoms with E-state index in [-0.39, 0.29) is 18.6 Å². The summed E-state index contributed by atoms with van der Waals surface area (Å²) in [5, 5.41) is 8.88. The Balaban J connectivity index is 1.92. The Morgan fingerprint density at radius 1 is 1.33 bits per heavy atom. The first-order valence-electron chi connectivity index (χ1n) is 8.28. The van der Waals surface area contributed by atoms with Crippen molar-refractivity contribution in [2.45, 2.75) is 38.1 Å². The summed E-state index contributed by atoms with van der Waals surface area (Å²) in [5.74, 6) is -0.567. The van der Waals surface area contributed by atoms with Crippen LogP contribution < -0.4 is 4.72 Å². The number of rotatable bonds is 10. The third kappa shape index (κ3) is 6.98. The molecule has 0 aliphatic carbocycles. The Morgan fingerprint density at radius 3 is 2.71 bits per heavy atom. The van der Waals surface area contributed by atoms with Gasteiger partial charge in [0.15, 0.2) is 0 Å². The molecule has 1 fully saturated rings. The van der Waals surface area contributed by atoms with Gasteiger partial charge in [-0.1, -0.05) is 30.3 Å². The van der Waals surface area contributed by atoms with E-state index in [2.05, 4.69) is 4.72 Å². The fourth-order valence-corrected chi connectivity index (χ4v) is 4.32. The third-order valence-corrected chi connectivity index (χ3v) is 5.66. The van der Waals surface area contributed by atoms with Crippen LogP contribution in [0.4, 0.5) is 0 Å². The van der Waals surface area contributed by atoms with Gasteiger partial charge in [-0.3, -0.25) is 4.79 Å². The van der Waals surface area contributed by atoms with Crippen LogP contribution in [-0.2, 0) is 26.0 Å². The number of benzene rings is 1. The maximum absolute atomic E-state index is 12.3. The van der Waals surface area contributed by atoms with Gasteiger partial charge in [0.2, 0.25) is 10.0 Å². The third-order valence-electron chi connectivity index (χ3n) is 4.20. The first-order chi connectivity index (χ1) is 11.4. The summed E-state index contributed by atoms with van der Waals surface area (Å²) in [5.41, 5.74) is 0.986. The van der Waals surface area contributed by atoms with E-state index in [1.54, 1.807) is 0 Å². The normalized spacial score (nSPS) is 19.2. The molecule has 0 amide bonds. The maximum Gasteiger partial charge on any atom is 0.303 e. The van der Waals surface area contributed by atoms with Gasteiger partial charge in [0, 0.05) is 25.7 Å². The van der Waals surface area contributed by atoms with E-state index in [0.29, 0.717) is 32.0 Å². The number of hydrogen-bond acceptors (Lipinski definition) is 4. The van der Waals surface area contributed by atoms with E-state index >= 15 is 0 Å². The van der Waals surface area contributed by atoms with Gasteiger partial charge in [-0.25, -0.2) is 13.1 Å². The van der Waals surface area contributed by atoms with Crippen molar-refractivity contribution in [3.63, 3.8) is 0 Å². The lowest BCUT2D eigenvalue weighted by Crippen LogP contribution is -2.38. The van der Waals surface area contributed by atoms with E-state index in [4.69, 9.17) is 9.84 Å². The lowest BCUT2D eigenvalue weighted by molar-refractivity contribution is -0.137. The quantitative estimate of drug-likeness (QED) is 0.668. The van der Waals surface area contributed by atoms with Gasteiger partial charge in [0.1, 0.15) is 0 Å². The SMILES string of the molecule is O=C(O)CCC(Cc1ccccc1)NS(=O)(=O)CCC1CCOC1.